The van der Waals surface area contributed by atoms with E-state index in [0.29, 0.717) is 18.0 Å². The Balaban J connectivity index is 1.80. The van der Waals surface area contributed by atoms with Gasteiger partial charge in [-0.15, -0.1) is 0 Å². The molecule has 0 bridgehead atoms. The predicted octanol–water partition coefficient (Wildman–Crippen LogP) is 2.18. The molecule has 1 aliphatic rings. The summed E-state index contributed by atoms with van der Waals surface area (Å²) in [4.78, 5) is 24.4. The first-order valence-electron chi connectivity index (χ1n) is 7.36. The number of amides is 1. The molecule has 5 heteroatoms. The lowest BCUT2D eigenvalue weighted by atomic mass is 10.2. The Kier molecular flexibility index (Phi) is 4.04. The number of halogens is 1. The van der Waals surface area contributed by atoms with Crippen LogP contribution in [0.2, 0.25) is 0 Å². The summed E-state index contributed by atoms with van der Waals surface area (Å²) in [5.74, 6) is -0.175. The minimum atomic E-state index is -0.404. The standard InChI is InChI=1S/C17H17FN2O2/c18-15-6-2-1-4-13(15)11-20-9-3-5-14(17(20)22)16(21)19-10-12-7-8-12/h1-6,9,12H,7-8,10-11H2,(H,19,21). The largest absolute Gasteiger partial charge is 0.352 e. The van der Waals surface area contributed by atoms with Crippen LogP contribution in [-0.4, -0.2) is 17.0 Å². The summed E-state index contributed by atoms with van der Waals surface area (Å²) in [7, 11) is 0. The summed E-state index contributed by atoms with van der Waals surface area (Å²) in [6, 6.07) is 9.43. The monoisotopic (exact) mass is 300 g/mol. The molecule has 1 aromatic carbocycles. The fourth-order valence-electron chi connectivity index (χ4n) is 2.30. The third-order valence-electron chi connectivity index (χ3n) is 3.81. The SMILES string of the molecule is O=C(NCC1CC1)c1cccn(Cc2ccccc2F)c1=O. The summed E-state index contributed by atoms with van der Waals surface area (Å²) in [5, 5.41) is 2.78. The Hall–Kier alpha value is -2.43. The van der Waals surface area contributed by atoms with Gasteiger partial charge in [0, 0.05) is 18.3 Å². The number of hydrogen-bond acceptors (Lipinski definition) is 2. The van der Waals surface area contributed by atoms with Crippen molar-refractivity contribution >= 4 is 5.91 Å². The van der Waals surface area contributed by atoms with E-state index in [4.69, 9.17) is 0 Å². The molecule has 2 aromatic rings. The summed E-state index contributed by atoms with van der Waals surface area (Å²) in [6.45, 7) is 0.718. The number of carbonyl (C=O) groups excluding carboxylic acids is 1. The Labute approximate surface area is 127 Å². The van der Waals surface area contributed by atoms with E-state index in [0.717, 1.165) is 12.8 Å². The maximum atomic E-state index is 13.7. The molecule has 0 radical (unpaired) electrons. The molecule has 0 atom stereocenters. The molecule has 1 N–H and O–H groups in total. The first-order chi connectivity index (χ1) is 10.6. The number of hydrogen-bond donors (Lipinski definition) is 1. The number of aromatic nitrogens is 1. The van der Waals surface area contributed by atoms with Gasteiger partial charge in [0.1, 0.15) is 11.4 Å². The second-order valence-corrected chi connectivity index (χ2v) is 5.60. The summed E-state index contributed by atoms with van der Waals surface area (Å²) >= 11 is 0. The molecule has 1 fully saturated rings. The second-order valence-electron chi connectivity index (χ2n) is 5.60. The van der Waals surface area contributed by atoms with Crippen LogP contribution in [-0.2, 0) is 6.54 Å². The smallest absolute Gasteiger partial charge is 0.263 e. The van der Waals surface area contributed by atoms with Gasteiger partial charge in [0.15, 0.2) is 0 Å². The Morgan fingerprint density at radius 1 is 1.23 bits per heavy atom. The lowest BCUT2D eigenvalue weighted by molar-refractivity contribution is 0.0949. The molecule has 0 unspecified atom stereocenters. The van der Waals surface area contributed by atoms with Crippen molar-refractivity contribution in [2.75, 3.05) is 6.54 Å². The van der Waals surface area contributed by atoms with Crippen LogP contribution in [0.5, 0.6) is 0 Å². The fraction of sp³-hybridized carbons (Fsp3) is 0.294. The van der Waals surface area contributed by atoms with Crippen molar-refractivity contribution in [2.24, 2.45) is 5.92 Å². The van der Waals surface area contributed by atoms with Gasteiger partial charge in [0.05, 0.1) is 6.54 Å². The molecule has 1 aromatic heterocycles. The number of nitrogens with one attached hydrogen (secondary N) is 1. The molecule has 22 heavy (non-hydrogen) atoms. The van der Waals surface area contributed by atoms with E-state index in [1.807, 2.05) is 0 Å². The van der Waals surface area contributed by atoms with Crippen LogP contribution in [0.15, 0.2) is 47.4 Å². The van der Waals surface area contributed by atoms with Crippen molar-refractivity contribution in [3.8, 4) is 0 Å². The van der Waals surface area contributed by atoms with Crippen molar-refractivity contribution < 1.29 is 9.18 Å². The lowest BCUT2D eigenvalue weighted by Gasteiger charge is -2.09. The average molecular weight is 300 g/mol. The van der Waals surface area contributed by atoms with E-state index >= 15 is 0 Å². The molecule has 114 valence electrons. The zero-order valence-corrected chi connectivity index (χ0v) is 12.1. The normalized spacial score (nSPS) is 13.9. The summed E-state index contributed by atoms with van der Waals surface area (Å²) < 4.78 is 15.0. The van der Waals surface area contributed by atoms with Crippen LogP contribution >= 0.6 is 0 Å². The van der Waals surface area contributed by atoms with Gasteiger partial charge in [-0.05, 0) is 37.0 Å². The van der Waals surface area contributed by atoms with E-state index < -0.39 is 5.56 Å². The topological polar surface area (TPSA) is 51.1 Å². The fourth-order valence-corrected chi connectivity index (χ4v) is 2.30. The van der Waals surface area contributed by atoms with Gasteiger partial charge in [0.25, 0.3) is 11.5 Å². The van der Waals surface area contributed by atoms with Gasteiger partial charge >= 0.3 is 0 Å². The molecule has 1 heterocycles. The van der Waals surface area contributed by atoms with E-state index in [1.165, 1.54) is 16.7 Å². The lowest BCUT2D eigenvalue weighted by Crippen LogP contribution is -2.33. The molecule has 4 nitrogen and oxygen atoms in total. The minimum absolute atomic E-state index is 0.0967. The van der Waals surface area contributed by atoms with Crippen LogP contribution in [0.1, 0.15) is 28.8 Å². The maximum absolute atomic E-state index is 13.7. The maximum Gasteiger partial charge on any atom is 0.263 e. The highest BCUT2D eigenvalue weighted by Crippen LogP contribution is 2.27. The Morgan fingerprint density at radius 2 is 2.00 bits per heavy atom. The third kappa shape index (κ3) is 3.24. The van der Waals surface area contributed by atoms with Gasteiger partial charge in [-0.2, -0.15) is 0 Å². The van der Waals surface area contributed by atoms with Crippen LogP contribution in [0.25, 0.3) is 0 Å². The van der Waals surface area contributed by atoms with E-state index in [9.17, 15) is 14.0 Å². The Bertz CT molecular complexity index is 750. The molecular formula is C17H17FN2O2. The van der Waals surface area contributed by atoms with E-state index in [1.54, 1.807) is 30.5 Å². The van der Waals surface area contributed by atoms with Gasteiger partial charge in [-0.3, -0.25) is 9.59 Å². The highest BCUT2D eigenvalue weighted by atomic mass is 19.1. The third-order valence-corrected chi connectivity index (χ3v) is 3.81. The van der Waals surface area contributed by atoms with Crippen molar-refractivity contribution in [3.05, 3.63) is 69.9 Å². The zero-order valence-electron chi connectivity index (χ0n) is 12.1. The molecule has 1 aliphatic carbocycles. The predicted molar refractivity (Wildman–Crippen MR) is 81.3 cm³/mol. The van der Waals surface area contributed by atoms with Gasteiger partial charge < -0.3 is 9.88 Å². The average Bonchev–Trinajstić information content (AvgIpc) is 3.33. The van der Waals surface area contributed by atoms with Crippen LogP contribution in [0, 0.1) is 11.7 Å². The number of pyridine rings is 1. The van der Waals surface area contributed by atoms with Crippen molar-refractivity contribution in [2.45, 2.75) is 19.4 Å². The minimum Gasteiger partial charge on any atom is -0.352 e. The van der Waals surface area contributed by atoms with Crippen LogP contribution < -0.4 is 10.9 Å². The van der Waals surface area contributed by atoms with Crippen LogP contribution in [0.3, 0.4) is 0 Å². The first-order valence-corrected chi connectivity index (χ1v) is 7.36. The van der Waals surface area contributed by atoms with Gasteiger partial charge in [-0.25, -0.2) is 4.39 Å². The number of benzene rings is 1. The van der Waals surface area contributed by atoms with Crippen molar-refractivity contribution in [1.82, 2.24) is 9.88 Å². The van der Waals surface area contributed by atoms with E-state index in [2.05, 4.69) is 5.32 Å². The van der Waals surface area contributed by atoms with E-state index in [-0.39, 0.29) is 23.8 Å². The van der Waals surface area contributed by atoms with Gasteiger partial charge in [-0.1, -0.05) is 18.2 Å². The quantitative estimate of drug-likeness (QED) is 0.920. The second kappa shape index (κ2) is 6.13. The molecule has 1 amide bonds. The molecule has 1 saturated carbocycles. The summed E-state index contributed by atoms with van der Waals surface area (Å²) in [6.07, 6.45) is 3.83. The molecule has 0 spiro atoms. The molecule has 3 rings (SSSR count). The van der Waals surface area contributed by atoms with Crippen molar-refractivity contribution in [3.63, 3.8) is 0 Å². The van der Waals surface area contributed by atoms with Crippen molar-refractivity contribution in [1.29, 1.82) is 0 Å². The first kappa shape index (κ1) is 14.5. The molecular weight excluding hydrogens is 283 g/mol. The zero-order chi connectivity index (χ0) is 15.5. The van der Waals surface area contributed by atoms with Gasteiger partial charge in [0.2, 0.25) is 0 Å². The summed E-state index contributed by atoms with van der Waals surface area (Å²) in [5.41, 5.74) is 0.110. The molecule has 0 saturated heterocycles. The highest BCUT2D eigenvalue weighted by Gasteiger charge is 2.22. The highest BCUT2D eigenvalue weighted by molar-refractivity contribution is 5.93. The number of nitrogens with zero attached hydrogens (tertiary/aromatic N) is 1. The molecule has 0 aliphatic heterocycles. The number of carbonyl (C=O) groups is 1. The number of rotatable bonds is 5. The van der Waals surface area contributed by atoms with Crippen LogP contribution in [0.4, 0.5) is 4.39 Å². The Morgan fingerprint density at radius 3 is 2.73 bits per heavy atom.